The number of rotatable bonds is 3. The predicted octanol–water partition coefficient (Wildman–Crippen LogP) is 1.86. The van der Waals surface area contributed by atoms with Crippen molar-refractivity contribution in [3.63, 3.8) is 0 Å². The monoisotopic (exact) mass is 337 g/mol. The Bertz CT molecular complexity index is 744. The van der Waals surface area contributed by atoms with Crippen molar-refractivity contribution in [3.05, 3.63) is 28.8 Å². The number of benzene rings is 1. The van der Waals surface area contributed by atoms with Gasteiger partial charge in [-0.15, -0.1) is 0 Å². The standard InChI is InChI=1S/C16H23N3O3S/c1-10-8-13(11-6-4-3-5-7-11)14(23(2,21)22)9-12(10)15(20)19-16(17)18/h8-9,11H,3-7H2,1-2H3,(H4,17,18,19,20). The van der Waals surface area contributed by atoms with Crippen LogP contribution in [0.5, 0.6) is 0 Å². The third-order valence-corrected chi connectivity index (χ3v) is 5.41. The number of hydrogen-bond acceptors (Lipinski definition) is 3. The lowest BCUT2D eigenvalue weighted by atomic mass is 9.83. The van der Waals surface area contributed by atoms with Gasteiger partial charge < -0.3 is 11.5 Å². The minimum atomic E-state index is -3.45. The maximum atomic E-state index is 12.2. The fourth-order valence-corrected chi connectivity index (χ4v) is 4.16. The Hall–Kier alpha value is -1.89. The Labute approximate surface area is 136 Å². The molecule has 2 rings (SSSR count). The number of aliphatic imine (C=N–C) groups is 1. The molecule has 0 unspecified atom stereocenters. The molecule has 1 fully saturated rings. The summed E-state index contributed by atoms with van der Waals surface area (Å²) in [7, 11) is -3.45. The molecular formula is C16H23N3O3S. The van der Waals surface area contributed by atoms with E-state index < -0.39 is 15.7 Å². The maximum absolute atomic E-state index is 12.2. The number of carbonyl (C=O) groups is 1. The van der Waals surface area contributed by atoms with E-state index in [-0.39, 0.29) is 22.3 Å². The molecular weight excluding hydrogens is 314 g/mol. The lowest BCUT2D eigenvalue weighted by Gasteiger charge is -2.25. The fraction of sp³-hybridized carbons (Fsp3) is 0.500. The van der Waals surface area contributed by atoms with Gasteiger partial charge in [0.15, 0.2) is 15.8 Å². The van der Waals surface area contributed by atoms with Gasteiger partial charge in [-0.2, -0.15) is 4.99 Å². The van der Waals surface area contributed by atoms with Crippen molar-refractivity contribution in [2.45, 2.75) is 49.8 Å². The number of guanidine groups is 1. The molecule has 0 spiro atoms. The summed E-state index contributed by atoms with van der Waals surface area (Å²) in [6.45, 7) is 1.77. The van der Waals surface area contributed by atoms with Gasteiger partial charge in [0.2, 0.25) is 0 Å². The minimum absolute atomic E-state index is 0.212. The number of carbonyl (C=O) groups excluding carboxylic acids is 1. The third-order valence-electron chi connectivity index (χ3n) is 4.26. The van der Waals surface area contributed by atoms with Crippen molar-refractivity contribution in [3.8, 4) is 0 Å². The molecule has 4 N–H and O–H groups in total. The van der Waals surface area contributed by atoms with E-state index in [1.54, 1.807) is 6.92 Å². The lowest BCUT2D eigenvalue weighted by molar-refractivity contribution is 0.100. The first-order chi connectivity index (χ1) is 10.7. The summed E-state index contributed by atoms with van der Waals surface area (Å²) in [4.78, 5) is 15.8. The predicted molar refractivity (Wildman–Crippen MR) is 90.3 cm³/mol. The highest BCUT2D eigenvalue weighted by atomic mass is 32.2. The Balaban J connectivity index is 2.58. The summed E-state index contributed by atoms with van der Waals surface area (Å²) in [6.07, 6.45) is 6.50. The Morgan fingerprint density at radius 2 is 1.78 bits per heavy atom. The topological polar surface area (TPSA) is 116 Å². The number of nitrogens with zero attached hydrogens (tertiary/aromatic N) is 1. The third kappa shape index (κ3) is 4.10. The molecule has 0 aliphatic heterocycles. The molecule has 6 nitrogen and oxygen atoms in total. The average Bonchev–Trinajstić information content (AvgIpc) is 2.45. The first-order valence-electron chi connectivity index (χ1n) is 7.68. The lowest BCUT2D eigenvalue weighted by Crippen LogP contribution is -2.24. The summed E-state index contributed by atoms with van der Waals surface area (Å²) in [5.74, 6) is -0.742. The van der Waals surface area contributed by atoms with Gasteiger partial charge in [-0.25, -0.2) is 8.42 Å². The van der Waals surface area contributed by atoms with Crippen LogP contribution in [0.15, 0.2) is 22.0 Å². The van der Waals surface area contributed by atoms with Crippen molar-refractivity contribution < 1.29 is 13.2 Å². The summed E-state index contributed by atoms with van der Waals surface area (Å²) in [5, 5.41) is 0. The molecule has 0 radical (unpaired) electrons. The van der Waals surface area contributed by atoms with Crippen molar-refractivity contribution in [2.75, 3.05) is 6.26 Å². The van der Waals surface area contributed by atoms with Crippen LogP contribution in [-0.2, 0) is 9.84 Å². The zero-order valence-corrected chi connectivity index (χ0v) is 14.3. The highest BCUT2D eigenvalue weighted by Crippen LogP contribution is 2.37. The molecule has 23 heavy (non-hydrogen) atoms. The summed E-state index contributed by atoms with van der Waals surface area (Å²) < 4.78 is 24.4. The van der Waals surface area contributed by atoms with Gasteiger partial charge in [0.25, 0.3) is 5.91 Å². The van der Waals surface area contributed by atoms with Crippen LogP contribution in [0.3, 0.4) is 0 Å². The van der Waals surface area contributed by atoms with E-state index in [2.05, 4.69) is 4.99 Å². The maximum Gasteiger partial charge on any atom is 0.280 e. The zero-order chi connectivity index (χ0) is 17.2. The first kappa shape index (κ1) is 17.5. The van der Waals surface area contributed by atoms with Crippen LogP contribution in [0.25, 0.3) is 0 Å². The summed E-state index contributed by atoms with van der Waals surface area (Å²) >= 11 is 0. The van der Waals surface area contributed by atoms with Crippen molar-refractivity contribution in [1.29, 1.82) is 0 Å². The zero-order valence-electron chi connectivity index (χ0n) is 13.5. The van der Waals surface area contributed by atoms with E-state index in [0.29, 0.717) is 5.56 Å². The number of aryl methyl sites for hydroxylation is 1. The molecule has 126 valence electrons. The molecule has 1 amide bonds. The van der Waals surface area contributed by atoms with Crippen LogP contribution in [0.2, 0.25) is 0 Å². The average molecular weight is 337 g/mol. The minimum Gasteiger partial charge on any atom is -0.370 e. The van der Waals surface area contributed by atoms with E-state index in [4.69, 9.17) is 11.5 Å². The van der Waals surface area contributed by atoms with Gasteiger partial charge in [-0.05, 0) is 42.9 Å². The van der Waals surface area contributed by atoms with E-state index >= 15 is 0 Å². The normalized spacial score (nSPS) is 16.1. The van der Waals surface area contributed by atoms with E-state index in [1.807, 2.05) is 6.07 Å². The Morgan fingerprint density at radius 3 is 2.30 bits per heavy atom. The van der Waals surface area contributed by atoms with Gasteiger partial charge in [0, 0.05) is 11.8 Å². The molecule has 7 heteroatoms. The number of sulfone groups is 1. The molecule has 0 heterocycles. The van der Waals surface area contributed by atoms with Crippen molar-refractivity contribution in [2.24, 2.45) is 16.5 Å². The molecule has 0 saturated heterocycles. The Kier molecular flexibility index (Phi) is 5.09. The molecule has 1 aromatic rings. The van der Waals surface area contributed by atoms with Gasteiger partial charge in [0.05, 0.1) is 4.90 Å². The van der Waals surface area contributed by atoms with Gasteiger partial charge in [-0.3, -0.25) is 4.79 Å². The molecule has 1 aromatic carbocycles. The second kappa shape index (κ2) is 6.70. The van der Waals surface area contributed by atoms with Crippen molar-refractivity contribution >= 4 is 21.7 Å². The van der Waals surface area contributed by atoms with Gasteiger partial charge in [-0.1, -0.05) is 25.3 Å². The molecule has 1 aliphatic rings. The highest BCUT2D eigenvalue weighted by Gasteiger charge is 2.25. The number of hydrogen-bond donors (Lipinski definition) is 2. The largest absolute Gasteiger partial charge is 0.370 e. The summed E-state index contributed by atoms with van der Waals surface area (Å²) in [6, 6.07) is 3.23. The molecule has 1 aliphatic carbocycles. The first-order valence-corrected chi connectivity index (χ1v) is 9.58. The second-order valence-corrected chi connectivity index (χ2v) is 8.14. The second-order valence-electron chi connectivity index (χ2n) is 6.15. The number of nitrogens with two attached hydrogens (primary N) is 2. The molecule has 0 bridgehead atoms. The van der Waals surface area contributed by atoms with Crippen LogP contribution in [0, 0.1) is 6.92 Å². The van der Waals surface area contributed by atoms with Crippen LogP contribution >= 0.6 is 0 Å². The van der Waals surface area contributed by atoms with Crippen LogP contribution in [0.4, 0.5) is 0 Å². The Morgan fingerprint density at radius 1 is 1.17 bits per heavy atom. The summed E-state index contributed by atoms with van der Waals surface area (Å²) in [5.41, 5.74) is 12.2. The molecule has 0 atom stereocenters. The fourth-order valence-electron chi connectivity index (χ4n) is 3.17. The highest BCUT2D eigenvalue weighted by molar-refractivity contribution is 7.90. The SMILES string of the molecule is Cc1cc(C2CCCCC2)c(S(C)(=O)=O)cc1C(=O)N=C(N)N. The smallest absolute Gasteiger partial charge is 0.280 e. The quantitative estimate of drug-likeness (QED) is 0.645. The molecule has 1 saturated carbocycles. The molecule has 0 aromatic heterocycles. The van der Waals surface area contributed by atoms with Crippen LogP contribution in [-0.4, -0.2) is 26.5 Å². The van der Waals surface area contributed by atoms with Crippen LogP contribution in [0.1, 0.15) is 59.5 Å². The van der Waals surface area contributed by atoms with E-state index in [1.165, 1.54) is 18.7 Å². The van der Waals surface area contributed by atoms with E-state index in [9.17, 15) is 13.2 Å². The number of amides is 1. The van der Waals surface area contributed by atoms with Gasteiger partial charge in [0.1, 0.15) is 0 Å². The van der Waals surface area contributed by atoms with Crippen molar-refractivity contribution in [1.82, 2.24) is 0 Å². The van der Waals surface area contributed by atoms with Gasteiger partial charge >= 0.3 is 0 Å². The van der Waals surface area contributed by atoms with Crippen LogP contribution < -0.4 is 11.5 Å². The van der Waals surface area contributed by atoms with E-state index in [0.717, 1.165) is 31.2 Å².